The molecule has 1 fully saturated rings. The summed E-state index contributed by atoms with van der Waals surface area (Å²) in [6.45, 7) is 0.916. The average molecular weight is 169 g/mol. The van der Waals surface area contributed by atoms with E-state index in [9.17, 15) is 9.59 Å². The van der Waals surface area contributed by atoms with Crippen molar-refractivity contribution in [2.75, 3.05) is 20.6 Å². The van der Waals surface area contributed by atoms with Gasteiger partial charge in [0, 0.05) is 19.4 Å². The second kappa shape index (κ2) is 3.81. The molecule has 0 saturated heterocycles. The molecule has 0 spiro atoms. The summed E-state index contributed by atoms with van der Waals surface area (Å²) in [5, 5.41) is 0. The molecule has 3 nitrogen and oxygen atoms in total. The SMILES string of the molecule is CN(C)CC1CCC(=O)C(=O)C1. The first kappa shape index (κ1) is 9.39. The summed E-state index contributed by atoms with van der Waals surface area (Å²) in [4.78, 5) is 23.9. The summed E-state index contributed by atoms with van der Waals surface area (Å²) in [5.74, 6) is 0.0447. The number of nitrogens with zero attached hydrogens (tertiary/aromatic N) is 1. The first-order chi connectivity index (χ1) is 5.59. The van der Waals surface area contributed by atoms with E-state index in [4.69, 9.17) is 0 Å². The quantitative estimate of drug-likeness (QED) is 0.564. The molecule has 1 rings (SSSR count). The highest BCUT2D eigenvalue weighted by atomic mass is 16.2. The van der Waals surface area contributed by atoms with Gasteiger partial charge in [-0.3, -0.25) is 9.59 Å². The Morgan fingerprint density at radius 1 is 1.33 bits per heavy atom. The standard InChI is InChI=1S/C9H15NO2/c1-10(2)6-7-3-4-8(11)9(12)5-7/h7H,3-6H2,1-2H3. The van der Waals surface area contributed by atoms with Crippen LogP contribution in [0.4, 0.5) is 0 Å². The van der Waals surface area contributed by atoms with Gasteiger partial charge in [-0.15, -0.1) is 0 Å². The Morgan fingerprint density at radius 2 is 2.00 bits per heavy atom. The number of carbonyl (C=O) groups excluding carboxylic acids is 2. The molecular weight excluding hydrogens is 154 g/mol. The van der Waals surface area contributed by atoms with Gasteiger partial charge >= 0.3 is 0 Å². The zero-order valence-electron chi connectivity index (χ0n) is 7.67. The lowest BCUT2D eigenvalue weighted by atomic mass is 9.87. The van der Waals surface area contributed by atoms with Crippen molar-refractivity contribution in [2.45, 2.75) is 19.3 Å². The molecule has 68 valence electrons. The molecule has 0 aliphatic heterocycles. The third kappa shape index (κ3) is 2.41. The van der Waals surface area contributed by atoms with Crippen LogP contribution in [0, 0.1) is 5.92 Å². The highest BCUT2D eigenvalue weighted by Crippen LogP contribution is 2.19. The van der Waals surface area contributed by atoms with Crippen molar-refractivity contribution in [3.63, 3.8) is 0 Å². The Bertz CT molecular complexity index is 199. The minimum absolute atomic E-state index is 0.173. The molecule has 0 heterocycles. The normalized spacial score (nSPS) is 25.1. The summed E-state index contributed by atoms with van der Waals surface area (Å²) in [6.07, 6.45) is 1.79. The Balaban J connectivity index is 2.40. The number of Topliss-reactive ketones (excluding diaryl/α,β-unsaturated/α-hetero) is 2. The Hall–Kier alpha value is -0.700. The van der Waals surface area contributed by atoms with Crippen LogP contribution < -0.4 is 0 Å². The molecule has 0 aromatic rings. The molecule has 1 atom stereocenters. The van der Waals surface area contributed by atoms with Crippen molar-refractivity contribution in [2.24, 2.45) is 5.92 Å². The fourth-order valence-corrected chi connectivity index (χ4v) is 1.62. The first-order valence-electron chi connectivity index (χ1n) is 4.30. The third-order valence-corrected chi connectivity index (χ3v) is 2.19. The van der Waals surface area contributed by atoms with Crippen LogP contribution in [-0.2, 0) is 9.59 Å². The van der Waals surface area contributed by atoms with Gasteiger partial charge in [0.25, 0.3) is 0 Å². The lowest BCUT2D eigenvalue weighted by Crippen LogP contribution is -2.31. The minimum atomic E-state index is -0.176. The fourth-order valence-electron chi connectivity index (χ4n) is 1.62. The van der Waals surface area contributed by atoms with Gasteiger partial charge < -0.3 is 4.90 Å². The van der Waals surface area contributed by atoms with Gasteiger partial charge in [-0.1, -0.05) is 0 Å². The fraction of sp³-hybridized carbons (Fsp3) is 0.778. The predicted molar refractivity (Wildman–Crippen MR) is 45.9 cm³/mol. The van der Waals surface area contributed by atoms with Crippen LogP contribution in [0.25, 0.3) is 0 Å². The van der Waals surface area contributed by atoms with Gasteiger partial charge in [-0.25, -0.2) is 0 Å². The number of carbonyl (C=O) groups is 2. The van der Waals surface area contributed by atoms with Crippen LogP contribution in [0.2, 0.25) is 0 Å². The summed E-state index contributed by atoms with van der Waals surface area (Å²) >= 11 is 0. The van der Waals surface area contributed by atoms with E-state index in [2.05, 4.69) is 4.90 Å². The van der Waals surface area contributed by atoms with Gasteiger partial charge in [-0.05, 0) is 26.4 Å². The van der Waals surface area contributed by atoms with E-state index < -0.39 is 0 Å². The van der Waals surface area contributed by atoms with E-state index in [-0.39, 0.29) is 11.6 Å². The Labute approximate surface area is 72.7 Å². The van der Waals surface area contributed by atoms with Gasteiger partial charge in [-0.2, -0.15) is 0 Å². The molecule has 0 radical (unpaired) electrons. The van der Waals surface area contributed by atoms with Crippen LogP contribution in [0.15, 0.2) is 0 Å². The second-order valence-electron chi connectivity index (χ2n) is 3.72. The van der Waals surface area contributed by atoms with Crippen molar-refractivity contribution < 1.29 is 9.59 Å². The van der Waals surface area contributed by atoms with Crippen molar-refractivity contribution in [3.05, 3.63) is 0 Å². The zero-order chi connectivity index (χ0) is 9.14. The smallest absolute Gasteiger partial charge is 0.198 e. The molecule has 0 aromatic carbocycles. The van der Waals surface area contributed by atoms with E-state index in [0.717, 1.165) is 13.0 Å². The van der Waals surface area contributed by atoms with Gasteiger partial charge in [0.05, 0.1) is 0 Å². The number of rotatable bonds is 2. The molecule has 0 aromatic heterocycles. The summed E-state index contributed by atoms with van der Waals surface area (Å²) in [6, 6.07) is 0. The van der Waals surface area contributed by atoms with Crippen LogP contribution in [0.5, 0.6) is 0 Å². The Kier molecular flexibility index (Phi) is 2.98. The van der Waals surface area contributed by atoms with Crippen molar-refractivity contribution >= 4 is 11.6 Å². The largest absolute Gasteiger partial charge is 0.309 e. The van der Waals surface area contributed by atoms with Gasteiger partial charge in [0.1, 0.15) is 0 Å². The average Bonchev–Trinajstić information content (AvgIpc) is 1.96. The monoisotopic (exact) mass is 169 g/mol. The van der Waals surface area contributed by atoms with E-state index in [1.165, 1.54) is 0 Å². The molecule has 12 heavy (non-hydrogen) atoms. The molecular formula is C9H15NO2. The maximum absolute atomic E-state index is 11.0. The molecule has 1 aliphatic carbocycles. The summed E-state index contributed by atoms with van der Waals surface area (Å²) in [7, 11) is 3.97. The van der Waals surface area contributed by atoms with Crippen LogP contribution >= 0.6 is 0 Å². The number of hydrogen-bond acceptors (Lipinski definition) is 3. The Morgan fingerprint density at radius 3 is 2.50 bits per heavy atom. The molecule has 3 heteroatoms. The topological polar surface area (TPSA) is 37.4 Å². The van der Waals surface area contributed by atoms with Gasteiger partial charge in [0.15, 0.2) is 11.6 Å². The van der Waals surface area contributed by atoms with Gasteiger partial charge in [0.2, 0.25) is 0 Å². The van der Waals surface area contributed by atoms with E-state index in [1.54, 1.807) is 0 Å². The van der Waals surface area contributed by atoms with Crippen LogP contribution in [0.1, 0.15) is 19.3 Å². The van der Waals surface area contributed by atoms with E-state index >= 15 is 0 Å². The highest BCUT2D eigenvalue weighted by molar-refractivity contribution is 6.37. The predicted octanol–water partition coefficient (Wildman–Crippen LogP) is 0.486. The first-order valence-corrected chi connectivity index (χ1v) is 4.30. The van der Waals surface area contributed by atoms with Crippen LogP contribution in [-0.4, -0.2) is 37.1 Å². The van der Waals surface area contributed by atoms with Crippen molar-refractivity contribution in [3.8, 4) is 0 Å². The van der Waals surface area contributed by atoms with Crippen molar-refractivity contribution in [1.29, 1.82) is 0 Å². The van der Waals surface area contributed by atoms with E-state index in [0.29, 0.717) is 18.8 Å². The summed E-state index contributed by atoms with van der Waals surface area (Å²) in [5.41, 5.74) is 0. The lowest BCUT2D eigenvalue weighted by Gasteiger charge is -2.22. The molecule has 0 N–H and O–H groups in total. The molecule has 0 bridgehead atoms. The zero-order valence-corrected chi connectivity index (χ0v) is 7.67. The molecule has 1 unspecified atom stereocenters. The third-order valence-electron chi connectivity index (χ3n) is 2.19. The van der Waals surface area contributed by atoms with E-state index in [1.807, 2.05) is 14.1 Å². The highest BCUT2D eigenvalue weighted by Gasteiger charge is 2.26. The van der Waals surface area contributed by atoms with Crippen molar-refractivity contribution in [1.82, 2.24) is 4.90 Å². The lowest BCUT2D eigenvalue weighted by molar-refractivity contribution is -0.139. The maximum atomic E-state index is 11.0. The molecule has 0 amide bonds. The number of hydrogen-bond donors (Lipinski definition) is 0. The number of ketones is 2. The summed E-state index contributed by atoms with van der Waals surface area (Å²) < 4.78 is 0. The molecule has 1 aliphatic rings. The molecule has 1 saturated carbocycles. The maximum Gasteiger partial charge on any atom is 0.198 e. The van der Waals surface area contributed by atoms with Crippen LogP contribution in [0.3, 0.4) is 0 Å². The second-order valence-corrected chi connectivity index (χ2v) is 3.72. The minimum Gasteiger partial charge on any atom is -0.309 e.